The van der Waals surface area contributed by atoms with Gasteiger partial charge in [-0.2, -0.15) is 11.8 Å². The lowest BCUT2D eigenvalue weighted by Crippen LogP contribution is -2.14. The molecule has 0 radical (unpaired) electrons. The van der Waals surface area contributed by atoms with E-state index in [-0.39, 0.29) is 5.56 Å². The zero-order valence-electron chi connectivity index (χ0n) is 9.56. The van der Waals surface area contributed by atoms with Crippen molar-refractivity contribution in [3.05, 3.63) is 34.4 Å². The average Bonchev–Trinajstić information content (AvgIpc) is 2.74. The highest BCUT2D eigenvalue weighted by molar-refractivity contribution is 7.99. The van der Waals surface area contributed by atoms with Crippen LogP contribution in [-0.4, -0.2) is 25.6 Å². The number of aromatic amines is 1. The van der Waals surface area contributed by atoms with Crippen molar-refractivity contribution in [2.45, 2.75) is 30.9 Å². The van der Waals surface area contributed by atoms with Gasteiger partial charge >= 0.3 is 0 Å². The van der Waals surface area contributed by atoms with Gasteiger partial charge in [-0.3, -0.25) is 9.89 Å². The maximum Gasteiger partial charge on any atom is 0.271 e. The van der Waals surface area contributed by atoms with E-state index in [1.807, 2.05) is 17.8 Å². The van der Waals surface area contributed by atoms with E-state index in [4.69, 9.17) is 0 Å². The van der Waals surface area contributed by atoms with Crippen molar-refractivity contribution in [2.24, 2.45) is 0 Å². The van der Waals surface area contributed by atoms with Gasteiger partial charge < -0.3 is 0 Å². The van der Waals surface area contributed by atoms with E-state index in [2.05, 4.69) is 10.1 Å². The molecule has 3 rings (SSSR count). The molecule has 3 heterocycles. The summed E-state index contributed by atoms with van der Waals surface area (Å²) < 4.78 is 1.52. The predicted molar refractivity (Wildman–Crippen MR) is 69.6 cm³/mol. The molecule has 5 heteroatoms. The normalized spacial score (nSPS) is 20.8. The van der Waals surface area contributed by atoms with Crippen molar-refractivity contribution in [3.63, 3.8) is 0 Å². The summed E-state index contributed by atoms with van der Waals surface area (Å²) >= 11 is 2.02. The second kappa shape index (κ2) is 4.56. The first-order chi connectivity index (χ1) is 8.33. The smallest absolute Gasteiger partial charge is 0.271 e. The standard InChI is InChI=1S/C12H15N3OS/c16-12-6-3-5-11-13-10(14-15(11)12)8-9-4-1-2-7-17-9/h3,5-6,9H,1-2,4,7-8H2,(H,13,14). The number of thioether (sulfide) groups is 1. The maximum absolute atomic E-state index is 11.6. The number of fused-ring (bicyclic) bond motifs is 1. The molecule has 90 valence electrons. The van der Waals surface area contributed by atoms with Gasteiger partial charge in [-0.1, -0.05) is 12.5 Å². The summed E-state index contributed by atoms with van der Waals surface area (Å²) in [5.41, 5.74) is 0.672. The third-order valence-electron chi connectivity index (χ3n) is 3.12. The van der Waals surface area contributed by atoms with E-state index in [0.29, 0.717) is 10.9 Å². The van der Waals surface area contributed by atoms with Crippen LogP contribution in [0.3, 0.4) is 0 Å². The van der Waals surface area contributed by atoms with Crippen molar-refractivity contribution >= 4 is 17.4 Å². The first kappa shape index (κ1) is 10.9. The molecule has 4 nitrogen and oxygen atoms in total. The van der Waals surface area contributed by atoms with E-state index in [1.54, 1.807) is 12.1 Å². The molecule has 1 saturated heterocycles. The molecule has 2 aromatic rings. The minimum absolute atomic E-state index is 0.0439. The predicted octanol–water partition coefficient (Wildman–Crippen LogP) is 1.85. The highest BCUT2D eigenvalue weighted by atomic mass is 32.2. The summed E-state index contributed by atoms with van der Waals surface area (Å²) in [6.07, 6.45) is 4.85. The van der Waals surface area contributed by atoms with Crippen molar-refractivity contribution in [2.75, 3.05) is 5.75 Å². The molecule has 17 heavy (non-hydrogen) atoms. The van der Waals surface area contributed by atoms with Crippen LogP contribution in [0.25, 0.3) is 5.65 Å². The average molecular weight is 249 g/mol. The third kappa shape index (κ3) is 2.24. The van der Waals surface area contributed by atoms with Crippen LogP contribution in [0.5, 0.6) is 0 Å². The second-order valence-corrected chi connectivity index (χ2v) is 5.83. The molecule has 0 aromatic carbocycles. The Labute approximate surface area is 103 Å². The molecule has 0 bridgehead atoms. The largest absolute Gasteiger partial charge is 0.276 e. The molecule has 1 atom stereocenters. The van der Waals surface area contributed by atoms with Crippen LogP contribution >= 0.6 is 11.8 Å². The van der Waals surface area contributed by atoms with Crippen molar-refractivity contribution in [1.29, 1.82) is 0 Å². The van der Waals surface area contributed by atoms with Crippen molar-refractivity contribution < 1.29 is 0 Å². The number of hydrogen-bond donors (Lipinski definition) is 1. The van der Waals surface area contributed by atoms with Crippen LogP contribution in [-0.2, 0) is 6.42 Å². The van der Waals surface area contributed by atoms with Gasteiger partial charge in [-0.05, 0) is 24.7 Å². The number of rotatable bonds is 2. The quantitative estimate of drug-likeness (QED) is 0.883. The fourth-order valence-corrected chi connectivity index (χ4v) is 3.56. The first-order valence-electron chi connectivity index (χ1n) is 6.01. The summed E-state index contributed by atoms with van der Waals surface area (Å²) in [4.78, 5) is 16.0. The molecule has 0 amide bonds. The maximum atomic E-state index is 11.6. The lowest BCUT2D eigenvalue weighted by Gasteiger charge is -2.19. The van der Waals surface area contributed by atoms with Gasteiger partial charge in [0.2, 0.25) is 0 Å². The first-order valence-corrected chi connectivity index (χ1v) is 7.06. The zero-order chi connectivity index (χ0) is 11.7. The number of H-pyrrole nitrogens is 1. The molecular weight excluding hydrogens is 234 g/mol. The molecule has 1 aliphatic rings. The molecular formula is C12H15N3OS. The number of aromatic nitrogens is 3. The highest BCUT2D eigenvalue weighted by Gasteiger charge is 2.16. The Morgan fingerprint density at radius 3 is 3.18 bits per heavy atom. The van der Waals surface area contributed by atoms with E-state index in [0.717, 1.165) is 12.2 Å². The number of hydrogen-bond acceptors (Lipinski definition) is 3. The zero-order valence-corrected chi connectivity index (χ0v) is 10.4. The molecule has 0 aliphatic carbocycles. The van der Waals surface area contributed by atoms with Gasteiger partial charge in [0.15, 0.2) is 5.65 Å². The number of pyridine rings is 1. The molecule has 1 N–H and O–H groups in total. The Morgan fingerprint density at radius 1 is 1.47 bits per heavy atom. The van der Waals surface area contributed by atoms with Crippen molar-refractivity contribution in [1.82, 2.24) is 14.6 Å². The van der Waals surface area contributed by atoms with Gasteiger partial charge in [0.25, 0.3) is 5.56 Å². The van der Waals surface area contributed by atoms with Gasteiger partial charge in [0.1, 0.15) is 5.82 Å². The lowest BCUT2D eigenvalue weighted by molar-refractivity contribution is 0.646. The van der Waals surface area contributed by atoms with Crippen LogP contribution in [0.15, 0.2) is 23.0 Å². The van der Waals surface area contributed by atoms with Crippen LogP contribution in [0.2, 0.25) is 0 Å². The van der Waals surface area contributed by atoms with Crippen LogP contribution in [0, 0.1) is 0 Å². The summed E-state index contributed by atoms with van der Waals surface area (Å²) in [5, 5.41) is 3.74. The van der Waals surface area contributed by atoms with Gasteiger partial charge in [-0.15, -0.1) is 0 Å². The molecule has 1 unspecified atom stereocenters. The minimum atomic E-state index is -0.0439. The molecule has 1 fully saturated rings. The Kier molecular flexibility index (Phi) is 2.93. The fourth-order valence-electron chi connectivity index (χ4n) is 2.25. The highest BCUT2D eigenvalue weighted by Crippen LogP contribution is 2.27. The SMILES string of the molecule is O=c1cccc2nc(CC3CCCCS3)[nH]n12. The molecule has 1 aliphatic heterocycles. The Bertz CT molecular complexity index is 568. The number of nitrogens with zero attached hydrogens (tertiary/aromatic N) is 2. The van der Waals surface area contributed by atoms with E-state index in [1.165, 1.54) is 29.5 Å². The van der Waals surface area contributed by atoms with E-state index in [9.17, 15) is 4.79 Å². The fraction of sp³-hybridized carbons (Fsp3) is 0.500. The molecule has 0 saturated carbocycles. The van der Waals surface area contributed by atoms with Gasteiger partial charge in [-0.25, -0.2) is 9.50 Å². The second-order valence-electron chi connectivity index (χ2n) is 4.42. The van der Waals surface area contributed by atoms with Crippen LogP contribution in [0.1, 0.15) is 25.1 Å². The molecule has 0 spiro atoms. The summed E-state index contributed by atoms with van der Waals surface area (Å²) in [5.74, 6) is 2.18. The summed E-state index contributed by atoms with van der Waals surface area (Å²) in [6.45, 7) is 0. The van der Waals surface area contributed by atoms with Gasteiger partial charge in [0, 0.05) is 17.7 Å². The lowest BCUT2D eigenvalue weighted by atomic mass is 10.1. The Morgan fingerprint density at radius 2 is 2.41 bits per heavy atom. The van der Waals surface area contributed by atoms with E-state index >= 15 is 0 Å². The van der Waals surface area contributed by atoms with Crippen LogP contribution < -0.4 is 5.56 Å². The Hall–Kier alpha value is -1.23. The number of nitrogens with one attached hydrogen (secondary N) is 1. The monoisotopic (exact) mass is 249 g/mol. The summed E-state index contributed by atoms with van der Waals surface area (Å²) in [7, 11) is 0. The topological polar surface area (TPSA) is 50.2 Å². The van der Waals surface area contributed by atoms with Crippen LogP contribution in [0.4, 0.5) is 0 Å². The van der Waals surface area contributed by atoms with E-state index < -0.39 is 0 Å². The Balaban J connectivity index is 1.85. The third-order valence-corrected chi connectivity index (χ3v) is 4.52. The summed E-state index contributed by atoms with van der Waals surface area (Å²) in [6, 6.07) is 5.15. The minimum Gasteiger partial charge on any atom is -0.276 e. The molecule has 2 aromatic heterocycles. The van der Waals surface area contributed by atoms with Gasteiger partial charge in [0.05, 0.1) is 0 Å². The van der Waals surface area contributed by atoms with Crippen molar-refractivity contribution in [3.8, 4) is 0 Å².